The van der Waals surface area contributed by atoms with Gasteiger partial charge in [-0.15, -0.1) is 0 Å². The molecule has 1 amide bonds. The maximum atomic E-state index is 11.9. The van der Waals surface area contributed by atoms with E-state index in [9.17, 15) is 14.4 Å². The van der Waals surface area contributed by atoms with Crippen molar-refractivity contribution >= 4 is 34.6 Å². The number of carbonyl (C=O) groups excluding carboxylic acids is 3. The number of nitrogens with one attached hydrogen (secondary N) is 1. The van der Waals surface area contributed by atoms with Gasteiger partial charge in [-0.2, -0.15) is 0 Å². The molecule has 1 heterocycles. The van der Waals surface area contributed by atoms with E-state index in [4.69, 9.17) is 0 Å². The maximum Gasteiger partial charge on any atom is 0.292 e. The summed E-state index contributed by atoms with van der Waals surface area (Å²) in [7, 11) is 0. The topological polar surface area (TPSA) is 68.2 Å². The number of carbonyl (C=O) groups is 3. The van der Waals surface area contributed by atoms with Gasteiger partial charge in [0, 0.05) is 29.6 Å². The molecule has 1 aromatic carbocycles. The van der Waals surface area contributed by atoms with E-state index in [1.54, 1.807) is 12.3 Å². The van der Waals surface area contributed by atoms with E-state index < -0.39 is 17.2 Å². The van der Waals surface area contributed by atoms with Crippen LogP contribution < -0.4 is 5.32 Å². The van der Waals surface area contributed by atoms with E-state index in [-0.39, 0.29) is 5.91 Å². The highest BCUT2D eigenvalue weighted by Crippen LogP contribution is 2.22. The van der Waals surface area contributed by atoms with Crippen molar-refractivity contribution in [1.82, 2.24) is 9.88 Å². The summed E-state index contributed by atoms with van der Waals surface area (Å²) in [6.07, 6.45) is 4.46. The van der Waals surface area contributed by atoms with Crippen LogP contribution in [0.4, 0.5) is 0 Å². The van der Waals surface area contributed by atoms with Crippen molar-refractivity contribution in [2.45, 2.75) is 33.2 Å². The molecule has 0 unspecified atom stereocenters. The Kier molecular flexibility index (Phi) is 4.50. The third-order valence-electron chi connectivity index (χ3n) is 3.21. The van der Waals surface area contributed by atoms with E-state index >= 15 is 0 Å². The SMILES string of the molecule is CC(=O)n1cc(/C=C/C(=O)C(=O)NC(C)(C)C)c2ccccc21. The Morgan fingerprint density at radius 3 is 2.39 bits per heavy atom. The summed E-state index contributed by atoms with van der Waals surface area (Å²) in [5.41, 5.74) is 1.02. The number of amides is 1. The molecule has 1 N–H and O–H groups in total. The molecule has 0 saturated carbocycles. The molecule has 1 aromatic heterocycles. The minimum Gasteiger partial charge on any atom is -0.345 e. The first-order valence-corrected chi connectivity index (χ1v) is 7.34. The van der Waals surface area contributed by atoms with Gasteiger partial charge >= 0.3 is 0 Å². The Morgan fingerprint density at radius 1 is 1.13 bits per heavy atom. The standard InChI is InChI=1S/C18H20N2O3/c1-12(21)20-11-13(14-7-5-6-8-15(14)20)9-10-16(22)17(23)19-18(2,3)4/h5-11H,1-4H3,(H,19,23)/b10-9+. The highest BCUT2D eigenvalue weighted by molar-refractivity contribution is 6.41. The first-order chi connectivity index (χ1) is 10.7. The molecular formula is C18H20N2O3. The molecule has 0 fully saturated rings. The highest BCUT2D eigenvalue weighted by atomic mass is 16.2. The van der Waals surface area contributed by atoms with Crippen LogP contribution >= 0.6 is 0 Å². The van der Waals surface area contributed by atoms with Gasteiger partial charge in [-0.3, -0.25) is 19.0 Å². The molecule has 0 aliphatic rings. The van der Waals surface area contributed by atoms with Crippen molar-refractivity contribution in [3.05, 3.63) is 42.1 Å². The van der Waals surface area contributed by atoms with Crippen LogP contribution in [-0.2, 0) is 9.59 Å². The van der Waals surface area contributed by atoms with Gasteiger partial charge in [0.1, 0.15) is 0 Å². The lowest BCUT2D eigenvalue weighted by atomic mass is 10.1. The largest absolute Gasteiger partial charge is 0.345 e. The van der Waals surface area contributed by atoms with Crippen molar-refractivity contribution in [1.29, 1.82) is 0 Å². The predicted octanol–water partition coefficient (Wildman–Crippen LogP) is 2.80. The summed E-state index contributed by atoms with van der Waals surface area (Å²) < 4.78 is 1.52. The van der Waals surface area contributed by atoms with Gasteiger partial charge < -0.3 is 5.32 Å². The molecule has 23 heavy (non-hydrogen) atoms. The Bertz CT molecular complexity index is 807. The lowest BCUT2D eigenvalue weighted by Gasteiger charge is -2.19. The Hall–Kier alpha value is -2.69. The highest BCUT2D eigenvalue weighted by Gasteiger charge is 2.18. The summed E-state index contributed by atoms with van der Waals surface area (Å²) in [6, 6.07) is 7.41. The number of hydrogen-bond acceptors (Lipinski definition) is 3. The number of hydrogen-bond donors (Lipinski definition) is 1. The quantitative estimate of drug-likeness (QED) is 0.700. The molecule has 0 atom stereocenters. The van der Waals surface area contributed by atoms with E-state index in [1.165, 1.54) is 17.6 Å². The summed E-state index contributed by atoms with van der Waals surface area (Å²) in [5.74, 6) is -1.39. The summed E-state index contributed by atoms with van der Waals surface area (Å²) in [4.78, 5) is 35.4. The van der Waals surface area contributed by atoms with Crippen LogP contribution in [0.15, 0.2) is 36.5 Å². The van der Waals surface area contributed by atoms with Crippen LogP contribution in [0.5, 0.6) is 0 Å². The molecule has 0 bridgehead atoms. The molecule has 2 rings (SSSR count). The van der Waals surface area contributed by atoms with E-state index in [0.717, 1.165) is 10.9 Å². The van der Waals surface area contributed by atoms with Gasteiger partial charge in [0.15, 0.2) is 0 Å². The van der Waals surface area contributed by atoms with Gasteiger partial charge in [0.2, 0.25) is 11.7 Å². The number of para-hydroxylation sites is 1. The third kappa shape index (κ3) is 3.94. The zero-order valence-electron chi connectivity index (χ0n) is 13.7. The third-order valence-corrected chi connectivity index (χ3v) is 3.21. The monoisotopic (exact) mass is 312 g/mol. The first kappa shape index (κ1) is 16.7. The average Bonchev–Trinajstić information content (AvgIpc) is 2.82. The summed E-state index contributed by atoms with van der Waals surface area (Å²) in [5, 5.41) is 3.47. The summed E-state index contributed by atoms with van der Waals surface area (Å²) in [6.45, 7) is 6.90. The second kappa shape index (κ2) is 6.20. The lowest BCUT2D eigenvalue weighted by Crippen LogP contribution is -2.43. The fourth-order valence-corrected chi connectivity index (χ4v) is 2.24. The van der Waals surface area contributed by atoms with Gasteiger partial charge in [0.05, 0.1) is 5.52 Å². The molecule has 5 nitrogen and oxygen atoms in total. The van der Waals surface area contributed by atoms with Gasteiger partial charge in [-0.1, -0.05) is 18.2 Å². The molecule has 2 aromatic rings. The lowest BCUT2D eigenvalue weighted by molar-refractivity contribution is -0.136. The Labute approximate surface area is 135 Å². The van der Waals surface area contributed by atoms with E-state index in [2.05, 4.69) is 5.32 Å². The zero-order valence-corrected chi connectivity index (χ0v) is 13.7. The minimum atomic E-state index is -0.649. The predicted molar refractivity (Wildman–Crippen MR) is 90.2 cm³/mol. The average molecular weight is 312 g/mol. The fourth-order valence-electron chi connectivity index (χ4n) is 2.24. The molecule has 0 aliphatic heterocycles. The Balaban J connectivity index is 2.30. The molecule has 0 spiro atoms. The summed E-state index contributed by atoms with van der Waals surface area (Å²) >= 11 is 0. The maximum absolute atomic E-state index is 11.9. The van der Waals surface area contributed by atoms with Crippen molar-refractivity contribution in [3.63, 3.8) is 0 Å². The van der Waals surface area contributed by atoms with Crippen LogP contribution in [0.1, 0.15) is 38.1 Å². The number of ketones is 1. The first-order valence-electron chi connectivity index (χ1n) is 7.34. The van der Waals surface area contributed by atoms with Crippen molar-refractivity contribution in [3.8, 4) is 0 Å². The number of aromatic nitrogens is 1. The second-order valence-corrected chi connectivity index (χ2v) is 6.39. The molecule has 0 saturated heterocycles. The molecular weight excluding hydrogens is 292 g/mol. The van der Waals surface area contributed by atoms with Gasteiger partial charge in [0.25, 0.3) is 5.91 Å². The van der Waals surface area contributed by atoms with Gasteiger partial charge in [-0.25, -0.2) is 0 Å². The van der Waals surface area contributed by atoms with Crippen molar-refractivity contribution in [2.75, 3.05) is 0 Å². The zero-order chi connectivity index (χ0) is 17.2. The minimum absolute atomic E-state index is 0.113. The van der Waals surface area contributed by atoms with Crippen LogP contribution in [-0.4, -0.2) is 27.7 Å². The Morgan fingerprint density at radius 2 is 1.78 bits per heavy atom. The van der Waals surface area contributed by atoms with Gasteiger partial charge in [-0.05, 0) is 39.0 Å². The number of nitrogens with zero attached hydrogens (tertiary/aromatic N) is 1. The molecule has 5 heteroatoms. The van der Waals surface area contributed by atoms with Crippen LogP contribution in [0.2, 0.25) is 0 Å². The van der Waals surface area contributed by atoms with Crippen molar-refractivity contribution < 1.29 is 14.4 Å². The molecule has 0 aliphatic carbocycles. The van der Waals surface area contributed by atoms with E-state index in [1.807, 2.05) is 45.0 Å². The number of benzene rings is 1. The fraction of sp³-hybridized carbons (Fsp3) is 0.278. The molecule has 120 valence electrons. The number of fused-ring (bicyclic) bond motifs is 1. The van der Waals surface area contributed by atoms with E-state index in [0.29, 0.717) is 5.56 Å². The second-order valence-electron chi connectivity index (χ2n) is 6.39. The number of rotatable bonds is 3. The smallest absolute Gasteiger partial charge is 0.292 e. The van der Waals surface area contributed by atoms with Crippen LogP contribution in [0.3, 0.4) is 0 Å². The molecule has 0 radical (unpaired) electrons. The normalized spacial score (nSPS) is 11.8. The van der Waals surface area contributed by atoms with Crippen LogP contribution in [0.25, 0.3) is 17.0 Å². The van der Waals surface area contributed by atoms with Crippen LogP contribution in [0, 0.1) is 0 Å². The van der Waals surface area contributed by atoms with Crippen molar-refractivity contribution in [2.24, 2.45) is 0 Å².